The maximum absolute atomic E-state index is 13.2. The first-order chi connectivity index (χ1) is 10.2. The maximum atomic E-state index is 13.2. The Morgan fingerprint density at radius 1 is 1.05 bits per heavy atom. The monoisotopic (exact) mass is 365 g/mol. The van der Waals surface area contributed by atoms with Crippen LogP contribution in [0.15, 0.2) is 41.3 Å². The number of hydrogen-bond donors (Lipinski definition) is 1. The minimum absolute atomic E-state index is 0.0301. The van der Waals surface area contributed by atoms with Crippen molar-refractivity contribution in [2.75, 3.05) is 0 Å². The molecule has 0 aliphatic heterocycles. The minimum atomic E-state index is -4.02. The second-order valence-electron chi connectivity index (χ2n) is 4.57. The van der Waals surface area contributed by atoms with E-state index in [-0.39, 0.29) is 20.5 Å². The van der Waals surface area contributed by atoms with Crippen LogP contribution in [0.1, 0.15) is 18.5 Å². The Bertz CT molecular complexity index is 792. The Morgan fingerprint density at radius 2 is 1.64 bits per heavy atom. The molecule has 0 aromatic heterocycles. The van der Waals surface area contributed by atoms with Gasteiger partial charge in [0.25, 0.3) is 0 Å². The third-order valence-electron chi connectivity index (χ3n) is 2.96. The summed E-state index contributed by atoms with van der Waals surface area (Å²) in [4.78, 5) is -0.257. The third kappa shape index (κ3) is 3.57. The predicted octanol–water partition coefficient (Wildman–Crippen LogP) is 4.31. The largest absolute Gasteiger partial charge is 0.244 e. The summed E-state index contributed by atoms with van der Waals surface area (Å²) in [6.45, 7) is 1.50. The number of hydrogen-bond acceptors (Lipinski definition) is 2. The molecule has 2 rings (SSSR count). The van der Waals surface area contributed by atoms with Crippen molar-refractivity contribution in [3.8, 4) is 0 Å². The van der Waals surface area contributed by atoms with Crippen LogP contribution in [-0.2, 0) is 10.0 Å². The van der Waals surface area contributed by atoms with Crippen molar-refractivity contribution in [3.05, 3.63) is 63.6 Å². The Morgan fingerprint density at radius 3 is 2.18 bits per heavy atom. The molecule has 0 aliphatic carbocycles. The van der Waals surface area contributed by atoms with Gasteiger partial charge in [-0.25, -0.2) is 21.9 Å². The number of sulfonamides is 1. The number of benzene rings is 2. The molecule has 0 fully saturated rings. The first-order valence-electron chi connectivity index (χ1n) is 6.13. The molecule has 0 spiro atoms. The Balaban J connectivity index is 2.34. The molecule has 0 saturated heterocycles. The molecule has 8 heteroatoms. The lowest BCUT2D eigenvalue weighted by Crippen LogP contribution is -2.27. The van der Waals surface area contributed by atoms with Crippen LogP contribution in [0.2, 0.25) is 10.0 Å². The van der Waals surface area contributed by atoms with Crippen molar-refractivity contribution in [1.29, 1.82) is 0 Å². The van der Waals surface area contributed by atoms with Gasteiger partial charge in [0.15, 0.2) is 11.6 Å². The van der Waals surface area contributed by atoms with E-state index >= 15 is 0 Å². The van der Waals surface area contributed by atoms with Crippen LogP contribution in [0.25, 0.3) is 0 Å². The molecule has 0 saturated carbocycles. The lowest BCUT2D eigenvalue weighted by Gasteiger charge is -2.16. The van der Waals surface area contributed by atoms with Crippen LogP contribution in [0.5, 0.6) is 0 Å². The highest BCUT2D eigenvalue weighted by atomic mass is 35.5. The van der Waals surface area contributed by atoms with Crippen LogP contribution in [0, 0.1) is 11.6 Å². The van der Waals surface area contributed by atoms with E-state index in [1.807, 2.05) is 0 Å². The summed E-state index contributed by atoms with van der Waals surface area (Å²) in [6, 6.07) is 6.65. The summed E-state index contributed by atoms with van der Waals surface area (Å²) in [5, 5.41) is -0.0602. The fourth-order valence-corrected chi connectivity index (χ4v) is 4.26. The van der Waals surface area contributed by atoms with Crippen molar-refractivity contribution in [1.82, 2.24) is 4.72 Å². The van der Waals surface area contributed by atoms with Gasteiger partial charge in [-0.15, -0.1) is 0 Å². The average molecular weight is 366 g/mol. The summed E-state index contributed by atoms with van der Waals surface area (Å²) in [7, 11) is -4.02. The summed E-state index contributed by atoms with van der Waals surface area (Å²) >= 11 is 11.8. The summed E-state index contributed by atoms with van der Waals surface area (Å²) in [5.74, 6) is -2.06. The maximum Gasteiger partial charge on any atom is 0.244 e. The molecule has 2 aromatic rings. The number of nitrogens with one attached hydrogen (secondary N) is 1. The molecule has 2 aromatic carbocycles. The van der Waals surface area contributed by atoms with E-state index in [2.05, 4.69) is 4.72 Å². The zero-order valence-electron chi connectivity index (χ0n) is 11.3. The predicted molar refractivity (Wildman–Crippen MR) is 81.6 cm³/mol. The van der Waals surface area contributed by atoms with E-state index in [0.717, 1.165) is 12.1 Å². The third-order valence-corrected chi connectivity index (χ3v) is 5.46. The van der Waals surface area contributed by atoms with E-state index in [1.54, 1.807) is 0 Å². The van der Waals surface area contributed by atoms with Gasteiger partial charge in [0.05, 0.1) is 10.0 Å². The van der Waals surface area contributed by atoms with Crippen molar-refractivity contribution in [2.24, 2.45) is 0 Å². The van der Waals surface area contributed by atoms with Gasteiger partial charge < -0.3 is 0 Å². The van der Waals surface area contributed by atoms with Gasteiger partial charge in [-0.3, -0.25) is 0 Å². The molecule has 1 atom stereocenters. The lowest BCUT2D eigenvalue weighted by molar-refractivity contribution is 0.504. The van der Waals surface area contributed by atoms with E-state index in [4.69, 9.17) is 23.2 Å². The highest BCUT2D eigenvalue weighted by molar-refractivity contribution is 7.89. The van der Waals surface area contributed by atoms with Crippen molar-refractivity contribution in [3.63, 3.8) is 0 Å². The standard InChI is InChI=1S/C14H11Cl2F2NO2S/c1-8(9-5-6-12(17)13(18)7-9)19-22(20,21)14-10(15)3-2-4-11(14)16/h2-8,19H,1H3/t8-/m0/s1. The van der Waals surface area contributed by atoms with Crippen LogP contribution in [-0.4, -0.2) is 8.42 Å². The summed E-state index contributed by atoms with van der Waals surface area (Å²) in [5.41, 5.74) is 0.269. The first-order valence-corrected chi connectivity index (χ1v) is 8.37. The second kappa shape index (κ2) is 6.50. The summed E-state index contributed by atoms with van der Waals surface area (Å²) < 4.78 is 53.2. The van der Waals surface area contributed by atoms with E-state index in [1.165, 1.54) is 31.2 Å². The quantitative estimate of drug-likeness (QED) is 0.877. The SMILES string of the molecule is C[C@H](NS(=O)(=O)c1c(Cl)cccc1Cl)c1ccc(F)c(F)c1. The Labute approximate surface area is 136 Å². The fourth-order valence-electron chi connectivity index (χ4n) is 1.88. The molecular weight excluding hydrogens is 355 g/mol. The van der Waals surface area contributed by atoms with Gasteiger partial charge >= 0.3 is 0 Å². The lowest BCUT2D eigenvalue weighted by atomic mass is 10.1. The smallest absolute Gasteiger partial charge is 0.207 e. The highest BCUT2D eigenvalue weighted by Crippen LogP contribution is 2.30. The van der Waals surface area contributed by atoms with Crippen molar-refractivity contribution in [2.45, 2.75) is 17.9 Å². The molecule has 118 valence electrons. The van der Waals surface area contributed by atoms with Gasteiger partial charge in [0, 0.05) is 6.04 Å². The van der Waals surface area contributed by atoms with Crippen LogP contribution >= 0.6 is 23.2 Å². The molecule has 0 aliphatic rings. The fraction of sp³-hybridized carbons (Fsp3) is 0.143. The number of rotatable bonds is 4. The minimum Gasteiger partial charge on any atom is -0.207 e. The molecule has 0 bridgehead atoms. The van der Waals surface area contributed by atoms with Crippen molar-refractivity contribution >= 4 is 33.2 Å². The molecule has 0 radical (unpaired) electrons. The zero-order valence-corrected chi connectivity index (χ0v) is 13.6. The molecule has 0 amide bonds. The first kappa shape index (κ1) is 17.1. The van der Waals surface area contributed by atoms with Gasteiger partial charge in [0.2, 0.25) is 10.0 Å². The van der Waals surface area contributed by atoms with E-state index in [0.29, 0.717) is 0 Å². The normalized spacial score (nSPS) is 13.1. The van der Waals surface area contributed by atoms with Crippen LogP contribution < -0.4 is 4.72 Å². The van der Waals surface area contributed by atoms with Gasteiger partial charge in [-0.2, -0.15) is 0 Å². The highest BCUT2D eigenvalue weighted by Gasteiger charge is 2.24. The van der Waals surface area contributed by atoms with E-state index in [9.17, 15) is 17.2 Å². The Kier molecular flexibility index (Phi) is 5.07. The van der Waals surface area contributed by atoms with Crippen LogP contribution in [0.4, 0.5) is 8.78 Å². The molecule has 1 N–H and O–H groups in total. The topological polar surface area (TPSA) is 46.2 Å². The van der Waals surface area contributed by atoms with Gasteiger partial charge in [0.1, 0.15) is 4.90 Å². The number of halogens is 4. The second-order valence-corrected chi connectivity index (χ2v) is 7.03. The van der Waals surface area contributed by atoms with E-state index < -0.39 is 27.7 Å². The average Bonchev–Trinajstić information content (AvgIpc) is 2.40. The molecular formula is C14H11Cl2F2NO2S. The summed E-state index contributed by atoms with van der Waals surface area (Å²) in [6.07, 6.45) is 0. The van der Waals surface area contributed by atoms with Gasteiger partial charge in [-0.1, -0.05) is 35.3 Å². The zero-order chi connectivity index (χ0) is 16.5. The molecule has 0 unspecified atom stereocenters. The molecule has 0 heterocycles. The molecule has 3 nitrogen and oxygen atoms in total. The molecule has 22 heavy (non-hydrogen) atoms. The Hall–Kier alpha value is -1.21. The van der Waals surface area contributed by atoms with Gasteiger partial charge in [-0.05, 0) is 36.8 Å². The van der Waals surface area contributed by atoms with Crippen LogP contribution in [0.3, 0.4) is 0 Å². The van der Waals surface area contributed by atoms with Crippen molar-refractivity contribution < 1.29 is 17.2 Å².